The van der Waals surface area contributed by atoms with Crippen LogP contribution < -0.4 is 16.6 Å². The van der Waals surface area contributed by atoms with Gasteiger partial charge in [0.2, 0.25) is 5.91 Å². The van der Waals surface area contributed by atoms with Crippen LogP contribution in [0.2, 0.25) is 0 Å². The largest absolute Gasteiger partial charge is 0.351 e. The summed E-state index contributed by atoms with van der Waals surface area (Å²) in [4.78, 5) is 42.7. The van der Waals surface area contributed by atoms with Gasteiger partial charge in [-0.2, -0.15) is 0 Å². The van der Waals surface area contributed by atoms with E-state index < -0.39 is 11.9 Å². The van der Waals surface area contributed by atoms with Crippen molar-refractivity contribution in [2.45, 2.75) is 39.3 Å². The number of nitrogens with one attached hydrogen (secondary N) is 1. The van der Waals surface area contributed by atoms with Gasteiger partial charge >= 0.3 is 6.03 Å². The van der Waals surface area contributed by atoms with Crippen molar-refractivity contribution in [3.8, 4) is 5.69 Å². The first-order chi connectivity index (χ1) is 13.7. The molecule has 0 atom stereocenters. The molecule has 3 aromatic rings. The van der Waals surface area contributed by atoms with Crippen LogP contribution in [0.15, 0.2) is 28.2 Å². The first-order valence-electron chi connectivity index (χ1n) is 9.07. The van der Waals surface area contributed by atoms with E-state index >= 15 is 0 Å². The van der Waals surface area contributed by atoms with Gasteiger partial charge < -0.3 is 5.73 Å². The molecule has 0 unspecified atom stereocenters. The molecule has 3 N–H and O–H groups in total. The van der Waals surface area contributed by atoms with Crippen LogP contribution in [0.25, 0.3) is 15.9 Å². The molecule has 9 heteroatoms. The molecule has 0 radical (unpaired) electrons. The third kappa shape index (κ3) is 4.20. The average molecular weight is 431 g/mol. The Morgan fingerprint density at radius 2 is 1.97 bits per heavy atom. The zero-order chi connectivity index (χ0) is 21.3. The number of aryl methyl sites for hydroxylation is 4. The Morgan fingerprint density at radius 1 is 1.24 bits per heavy atom. The van der Waals surface area contributed by atoms with Gasteiger partial charge in [0.1, 0.15) is 4.83 Å². The number of hydrogen-bond acceptors (Lipinski definition) is 6. The maximum absolute atomic E-state index is 13.5. The Morgan fingerprint density at radius 3 is 2.59 bits per heavy atom. The number of thioether (sulfide) groups is 1. The molecule has 29 heavy (non-hydrogen) atoms. The molecule has 2 aromatic heterocycles. The second-order valence-electron chi connectivity index (χ2n) is 6.68. The summed E-state index contributed by atoms with van der Waals surface area (Å²) in [5.41, 5.74) is 8.70. The number of nitrogens with two attached hydrogens (primary N) is 1. The second-order valence-corrected chi connectivity index (χ2v) is 8.82. The lowest BCUT2D eigenvalue weighted by atomic mass is 10.1. The summed E-state index contributed by atoms with van der Waals surface area (Å²) in [5, 5.41) is 3.05. The van der Waals surface area contributed by atoms with Gasteiger partial charge in [0.15, 0.2) is 5.16 Å². The van der Waals surface area contributed by atoms with E-state index in [2.05, 4.69) is 0 Å². The first-order valence-corrected chi connectivity index (χ1v) is 10.9. The molecule has 0 saturated heterocycles. The van der Waals surface area contributed by atoms with Crippen LogP contribution in [-0.4, -0.2) is 27.2 Å². The Bertz CT molecular complexity index is 1180. The third-order valence-corrected chi connectivity index (χ3v) is 6.67. The Hall–Kier alpha value is -2.65. The summed E-state index contributed by atoms with van der Waals surface area (Å²) < 4.78 is 1.54. The molecule has 0 bridgehead atoms. The number of carbonyl (C=O) groups excluding carboxylic acids is 2. The molecule has 0 fully saturated rings. The Labute approximate surface area is 176 Å². The molecule has 0 aliphatic heterocycles. The van der Waals surface area contributed by atoms with Crippen molar-refractivity contribution in [2.75, 3.05) is 5.75 Å². The summed E-state index contributed by atoms with van der Waals surface area (Å²) in [6, 6.07) is 4.85. The SMILES string of the molecule is CCc1c(C)sc2nc(SCC(=O)NC(N)=O)n(-c3ccc(C)c(C)c3)c(=O)c12. The topological polar surface area (TPSA) is 107 Å². The molecule has 0 spiro atoms. The predicted octanol–water partition coefficient (Wildman–Crippen LogP) is 3.22. The number of imide groups is 1. The van der Waals surface area contributed by atoms with E-state index in [9.17, 15) is 14.4 Å². The van der Waals surface area contributed by atoms with Gasteiger partial charge in [-0.15, -0.1) is 11.3 Å². The van der Waals surface area contributed by atoms with Gasteiger partial charge in [-0.05, 0) is 56.0 Å². The van der Waals surface area contributed by atoms with Gasteiger partial charge in [-0.3, -0.25) is 19.5 Å². The predicted molar refractivity (Wildman–Crippen MR) is 117 cm³/mol. The molecule has 2 heterocycles. The Balaban J connectivity index is 2.19. The van der Waals surface area contributed by atoms with Crippen LogP contribution in [0.4, 0.5) is 4.79 Å². The molecule has 3 amide bonds. The van der Waals surface area contributed by atoms with E-state index in [-0.39, 0.29) is 11.3 Å². The van der Waals surface area contributed by atoms with Gasteiger partial charge in [0, 0.05) is 4.88 Å². The van der Waals surface area contributed by atoms with Crippen LogP contribution in [0.5, 0.6) is 0 Å². The summed E-state index contributed by atoms with van der Waals surface area (Å²) in [5.74, 6) is -0.628. The van der Waals surface area contributed by atoms with Gasteiger partial charge in [-0.1, -0.05) is 24.8 Å². The zero-order valence-electron chi connectivity index (χ0n) is 16.7. The first kappa shape index (κ1) is 21.1. The number of benzene rings is 1. The van der Waals surface area contributed by atoms with Crippen molar-refractivity contribution < 1.29 is 9.59 Å². The number of nitrogens with zero attached hydrogens (tertiary/aromatic N) is 2. The number of hydrogen-bond donors (Lipinski definition) is 2. The number of thiophene rings is 1. The van der Waals surface area contributed by atoms with Crippen molar-refractivity contribution in [3.05, 3.63) is 50.1 Å². The molecule has 7 nitrogen and oxygen atoms in total. The fraction of sp³-hybridized carbons (Fsp3) is 0.300. The van der Waals surface area contributed by atoms with Crippen LogP contribution in [0, 0.1) is 20.8 Å². The quantitative estimate of drug-likeness (QED) is 0.477. The van der Waals surface area contributed by atoms with E-state index in [0.29, 0.717) is 21.1 Å². The number of aromatic nitrogens is 2. The smallest absolute Gasteiger partial charge is 0.318 e. The molecule has 3 rings (SSSR count). The van der Waals surface area contributed by atoms with Crippen LogP contribution in [0.1, 0.15) is 28.5 Å². The highest BCUT2D eigenvalue weighted by Gasteiger charge is 2.20. The molecule has 0 saturated carbocycles. The minimum Gasteiger partial charge on any atom is -0.351 e. The van der Waals surface area contributed by atoms with E-state index in [1.54, 1.807) is 4.57 Å². The van der Waals surface area contributed by atoms with Crippen LogP contribution in [-0.2, 0) is 11.2 Å². The maximum Gasteiger partial charge on any atom is 0.318 e. The van der Waals surface area contributed by atoms with Crippen molar-refractivity contribution in [3.63, 3.8) is 0 Å². The number of primary amides is 1. The molecular weight excluding hydrogens is 408 g/mol. The van der Waals surface area contributed by atoms with Crippen molar-refractivity contribution >= 4 is 45.3 Å². The Kier molecular flexibility index (Phi) is 6.09. The normalized spacial score (nSPS) is 11.0. The highest BCUT2D eigenvalue weighted by molar-refractivity contribution is 7.99. The van der Waals surface area contributed by atoms with E-state index in [4.69, 9.17) is 10.7 Å². The van der Waals surface area contributed by atoms with E-state index in [1.165, 1.54) is 11.3 Å². The minimum atomic E-state index is -0.910. The second kappa shape index (κ2) is 8.38. The highest BCUT2D eigenvalue weighted by Crippen LogP contribution is 2.30. The standard InChI is InChI=1S/C20H22N4O3S2/c1-5-14-12(4)29-17-16(14)18(26)24(13-7-6-10(2)11(3)8-13)20(23-17)28-9-15(25)22-19(21)27/h6-8H,5,9H2,1-4H3,(H3,21,22,25,27). The molecule has 1 aromatic carbocycles. The maximum atomic E-state index is 13.5. The zero-order valence-corrected chi connectivity index (χ0v) is 18.3. The van der Waals surface area contributed by atoms with Crippen molar-refractivity contribution in [1.82, 2.24) is 14.9 Å². The molecule has 152 valence electrons. The van der Waals surface area contributed by atoms with Crippen molar-refractivity contribution in [2.24, 2.45) is 5.73 Å². The molecule has 0 aliphatic rings. The lowest BCUT2D eigenvalue weighted by Gasteiger charge is -2.13. The lowest BCUT2D eigenvalue weighted by molar-refractivity contribution is -0.117. The van der Waals surface area contributed by atoms with E-state index in [1.807, 2.05) is 51.2 Å². The number of urea groups is 1. The van der Waals surface area contributed by atoms with Crippen LogP contribution >= 0.6 is 23.1 Å². The number of amides is 3. The highest BCUT2D eigenvalue weighted by atomic mass is 32.2. The number of fused-ring (bicyclic) bond motifs is 1. The average Bonchev–Trinajstić information content (AvgIpc) is 2.97. The van der Waals surface area contributed by atoms with E-state index in [0.717, 1.165) is 39.8 Å². The monoisotopic (exact) mass is 430 g/mol. The third-order valence-electron chi connectivity index (χ3n) is 4.69. The summed E-state index contributed by atoms with van der Waals surface area (Å²) in [6.45, 7) is 7.99. The van der Waals surface area contributed by atoms with Gasteiger partial charge in [0.25, 0.3) is 5.56 Å². The van der Waals surface area contributed by atoms with Gasteiger partial charge in [-0.25, -0.2) is 9.78 Å². The van der Waals surface area contributed by atoms with Crippen molar-refractivity contribution in [1.29, 1.82) is 0 Å². The minimum absolute atomic E-state index is 0.0866. The summed E-state index contributed by atoms with van der Waals surface area (Å²) in [6.07, 6.45) is 0.739. The summed E-state index contributed by atoms with van der Waals surface area (Å²) >= 11 is 2.57. The fourth-order valence-corrected chi connectivity index (χ4v) is 5.08. The lowest BCUT2D eigenvalue weighted by Crippen LogP contribution is -2.36. The summed E-state index contributed by atoms with van der Waals surface area (Å²) in [7, 11) is 0. The molecule has 0 aliphatic carbocycles. The number of carbonyl (C=O) groups is 2. The fourth-order valence-electron chi connectivity index (χ4n) is 3.12. The van der Waals surface area contributed by atoms with Crippen LogP contribution in [0.3, 0.4) is 0 Å². The molecular formula is C20H22N4O3S2. The van der Waals surface area contributed by atoms with Gasteiger partial charge in [0.05, 0.1) is 16.8 Å². The number of rotatable bonds is 5.